The van der Waals surface area contributed by atoms with E-state index in [0.717, 1.165) is 4.73 Å². The Labute approximate surface area is 77.4 Å². The first-order chi connectivity index (χ1) is 5.79. The normalized spacial score (nSPS) is 10.4. The number of hydrogen-bond donors (Lipinski definition) is 0. The van der Waals surface area contributed by atoms with E-state index in [9.17, 15) is 5.21 Å². The SMILES string of the molecule is [O-][n+]1c(Br)cnc2ccccc21. The molecule has 1 heterocycles. The van der Waals surface area contributed by atoms with E-state index in [2.05, 4.69) is 20.9 Å². The summed E-state index contributed by atoms with van der Waals surface area (Å²) in [5.41, 5.74) is 1.28. The van der Waals surface area contributed by atoms with E-state index in [1.54, 1.807) is 12.1 Å². The molecule has 0 aliphatic rings. The Hall–Kier alpha value is -1.16. The summed E-state index contributed by atoms with van der Waals surface area (Å²) in [4.78, 5) is 4.07. The van der Waals surface area contributed by atoms with Crippen molar-refractivity contribution in [3.05, 3.63) is 40.3 Å². The molecule has 0 saturated carbocycles. The molecule has 2 rings (SSSR count). The van der Waals surface area contributed by atoms with Gasteiger partial charge in [-0.1, -0.05) is 12.1 Å². The van der Waals surface area contributed by atoms with Crippen LogP contribution < -0.4 is 4.73 Å². The molecule has 0 unspecified atom stereocenters. The van der Waals surface area contributed by atoms with Gasteiger partial charge >= 0.3 is 0 Å². The topological polar surface area (TPSA) is 39.8 Å². The third-order valence-corrected chi connectivity index (χ3v) is 2.13. The van der Waals surface area contributed by atoms with Crippen molar-refractivity contribution < 1.29 is 4.73 Å². The number of halogens is 1. The zero-order valence-electron chi connectivity index (χ0n) is 6.07. The number of benzene rings is 1. The zero-order chi connectivity index (χ0) is 8.55. The molecule has 0 aliphatic heterocycles. The number of aromatic nitrogens is 2. The lowest BCUT2D eigenvalue weighted by molar-refractivity contribution is -0.589. The first-order valence-corrected chi connectivity index (χ1v) is 4.21. The minimum Gasteiger partial charge on any atom is -0.617 e. The summed E-state index contributed by atoms with van der Waals surface area (Å²) in [6.45, 7) is 0. The summed E-state index contributed by atoms with van der Waals surface area (Å²) in [6.07, 6.45) is 1.50. The molecule has 1 aromatic carbocycles. The third kappa shape index (κ3) is 1.04. The first kappa shape index (κ1) is 7.49. The van der Waals surface area contributed by atoms with Gasteiger partial charge in [-0.25, -0.2) is 4.98 Å². The average molecular weight is 225 g/mol. The van der Waals surface area contributed by atoms with Crippen molar-refractivity contribution in [2.75, 3.05) is 0 Å². The van der Waals surface area contributed by atoms with Gasteiger partial charge in [0.15, 0.2) is 0 Å². The molecule has 0 radical (unpaired) electrons. The van der Waals surface area contributed by atoms with E-state index < -0.39 is 0 Å². The molecule has 1 aromatic heterocycles. The quantitative estimate of drug-likeness (QED) is 0.505. The molecule has 4 heteroatoms. The van der Waals surface area contributed by atoms with E-state index in [0.29, 0.717) is 15.6 Å². The molecule has 0 fully saturated rings. The largest absolute Gasteiger partial charge is 0.617 e. The van der Waals surface area contributed by atoms with Crippen LogP contribution in [0, 0.1) is 5.21 Å². The van der Waals surface area contributed by atoms with Gasteiger partial charge in [0.2, 0.25) is 5.52 Å². The van der Waals surface area contributed by atoms with Crippen LogP contribution in [0.15, 0.2) is 35.1 Å². The number of nitrogens with zero attached hydrogens (tertiary/aromatic N) is 2. The smallest absolute Gasteiger partial charge is 0.278 e. The Bertz CT molecular complexity index is 430. The van der Waals surface area contributed by atoms with E-state index in [-0.39, 0.29) is 0 Å². The lowest BCUT2D eigenvalue weighted by Gasteiger charge is -2.00. The summed E-state index contributed by atoms with van der Waals surface area (Å²) < 4.78 is 1.24. The maximum absolute atomic E-state index is 11.4. The minimum absolute atomic E-state index is 0.432. The predicted molar refractivity (Wildman–Crippen MR) is 48.4 cm³/mol. The average Bonchev–Trinajstić information content (AvgIpc) is 2.12. The van der Waals surface area contributed by atoms with Crippen molar-refractivity contribution >= 4 is 27.0 Å². The summed E-state index contributed by atoms with van der Waals surface area (Å²) in [7, 11) is 0. The van der Waals surface area contributed by atoms with Gasteiger partial charge in [-0.3, -0.25) is 0 Å². The van der Waals surface area contributed by atoms with Crippen molar-refractivity contribution in [2.45, 2.75) is 0 Å². The fourth-order valence-corrected chi connectivity index (χ4v) is 1.33. The van der Waals surface area contributed by atoms with Crippen LogP contribution in [0.3, 0.4) is 0 Å². The van der Waals surface area contributed by atoms with Gasteiger partial charge in [0.25, 0.3) is 4.60 Å². The highest BCUT2D eigenvalue weighted by Gasteiger charge is 2.06. The van der Waals surface area contributed by atoms with Crippen LogP contribution in [0.5, 0.6) is 0 Å². The van der Waals surface area contributed by atoms with Gasteiger partial charge in [0, 0.05) is 22.0 Å². The molecule has 2 aromatic rings. The standard InChI is InChI=1S/C8H5BrN2O/c9-8-5-10-6-3-1-2-4-7(6)11(8)12/h1-5H. The Morgan fingerprint density at radius 2 is 2.08 bits per heavy atom. The van der Waals surface area contributed by atoms with Crippen LogP contribution in [0.25, 0.3) is 11.0 Å². The van der Waals surface area contributed by atoms with Crippen LogP contribution in [-0.4, -0.2) is 4.98 Å². The molecule has 0 atom stereocenters. The van der Waals surface area contributed by atoms with Crippen LogP contribution >= 0.6 is 15.9 Å². The molecule has 60 valence electrons. The summed E-state index contributed by atoms with van der Waals surface area (Å²) in [5.74, 6) is 0. The van der Waals surface area contributed by atoms with Crippen LogP contribution in [0.2, 0.25) is 0 Å². The number of para-hydroxylation sites is 2. The molecule has 0 bridgehead atoms. The zero-order valence-corrected chi connectivity index (χ0v) is 7.65. The van der Waals surface area contributed by atoms with Crippen LogP contribution in [0.4, 0.5) is 0 Å². The van der Waals surface area contributed by atoms with Crippen molar-refractivity contribution in [3.63, 3.8) is 0 Å². The minimum atomic E-state index is 0.432. The van der Waals surface area contributed by atoms with Crippen LogP contribution in [-0.2, 0) is 0 Å². The molecule has 0 aliphatic carbocycles. The van der Waals surface area contributed by atoms with E-state index >= 15 is 0 Å². The summed E-state index contributed by atoms with van der Waals surface area (Å²) in [5, 5.41) is 11.4. The van der Waals surface area contributed by atoms with E-state index in [1.807, 2.05) is 12.1 Å². The number of hydrogen-bond acceptors (Lipinski definition) is 2. The number of fused-ring (bicyclic) bond motifs is 1. The third-order valence-electron chi connectivity index (χ3n) is 1.60. The highest BCUT2D eigenvalue weighted by Crippen LogP contribution is 2.09. The second-order valence-electron chi connectivity index (χ2n) is 2.36. The van der Waals surface area contributed by atoms with Gasteiger partial charge < -0.3 is 5.21 Å². The predicted octanol–water partition coefficient (Wildman–Crippen LogP) is 1.63. The molecule has 0 saturated heterocycles. The Morgan fingerprint density at radius 3 is 2.92 bits per heavy atom. The van der Waals surface area contributed by atoms with E-state index in [1.165, 1.54) is 6.20 Å². The molecule has 0 spiro atoms. The van der Waals surface area contributed by atoms with Gasteiger partial charge in [-0.2, -0.15) is 4.73 Å². The Balaban J connectivity index is 2.91. The van der Waals surface area contributed by atoms with Crippen molar-refractivity contribution in [1.29, 1.82) is 0 Å². The van der Waals surface area contributed by atoms with Crippen molar-refractivity contribution in [1.82, 2.24) is 4.98 Å². The summed E-state index contributed by atoms with van der Waals surface area (Å²) >= 11 is 3.10. The van der Waals surface area contributed by atoms with Gasteiger partial charge in [-0.05, 0) is 6.07 Å². The Morgan fingerprint density at radius 1 is 1.33 bits per heavy atom. The van der Waals surface area contributed by atoms with E-state index in [4.69, 9.17) is 0 Å². The highest BCUT2D eigenvalue weighted by atomic mass is 79.9. The fourth-order valence-electron chi connectivity index (χ4n) is 1.04. The molecular weight excluding hydrogens is 220 g/mol. The number of rotatable bonds is 0. The first-order valence-electron chi connectivity index (χ1n) is 3.42. The summed E-state index contributed by atoms with van der Waals surface area (Å²) in [6, 6.07) is 7.20. The van der Waals surface area contributed by atoms with Crippen LogP contribution in [0.1, 0.15) is 0 Å². The molecule has 0 amide bonds. The second kappa shape index (κ2) is 2.71. The lowest BCUT2D eigenvalue weighted by Crippen LogP contribution is -2.29. The fraction of sp³-hybridized carbons (Fsp3) is 0. The van der Waals surface area contributed by atoms with Gasteiger partial charge in [-0.15, -0.1) is 0 Å². The monoisotopic (exact) mass is 224 g/mol. The molecule has 0 N–H and O–H groups in total. The lowest BCUT2D eigenvalue weighted by atomic mass is 10.3. The Kier molecular flexibility index (Phi) is 1.69. The second-order valence-corrected chi connectivity index (χ2v) is 3.18. The highest BCUT2D eigenvalue weighted by molar-refractivity contribution is 9.10. The maximum Gasteiger partial charge on any atom is 0.278 e. The molecular formula is C8H5BrN2O. The van der Waals surface area contributed by atoms with Gasteiger partial charge in [0.05, 0.1) is 0 Å². The van der Waals surface area contributed by atoms with Crippen molar-refractivity contribution in [2.24, 2.45) is 0 Å². The maximum atomic E-state index is 11.4. The molecule has 3 nitrogen and oxygen atoms in total. The molecule has 12 heavy (non-hydrogen) atoms. The van der Waals surface area contributed by atoms with Gasteiger partial charge in [0.1, 0.15) is 11.7 Å². The van der Waals surface area contributed by atoms with Crippen molar-refractivity contribution in [3.8, 4) is 0 Å².